The Morgan fingerprint density at radius 2 is 1.69 bits per heavy atom. The number of rotatable bonds is 8. The highest BCUT2D eigenvalue weighted by Gasteiger charge is 2.14. The van der Waals surface area contributed by atoms with Gasteiger partial charge in [0.1, 0.15) is 0 Å². The number of aliphatic carboxylic acids is 2. The van der Waals surface area contributed by atoms with Gasteiger partial charge in [0.15, 0.2) is 0 Å². The second kappa shape index (κ2) is 13.2. The monoisotopic (exact) mass is 461 g/mol. The Morgan fingerprint density at radius 1 is 1.03 bits per heavy atom. The van der Waals surface area contributed by atoms with Crippen molar-refractivity contribution in [1.29, 1.82) is 0 Å². The van der Waals surface area contributed by atoms with Crippen molar-refractivity contribution in [2.75, 3.05) is 17.2 Å². The van der Waals surface area contributed by atoms with Crippen LogP contribution >= 0.6 is 11.6 Å². The van der Waals surface area contributed by atoms with E-state index >= 15 is 0 Å². The largest absolute Gasteiger partial charge is 0.481 e. The minimum Gasteiger partial charge on any atom is -0.481 e. The smallest absolute Gasteiger partial charge is 0.303 e. The standard InChI is InChI=1S/C19H22ClN3O.C4H6O4/c20-17-8-9-18-16(3-1-2-11-21-18)19(17)22-13-15-6-4-14(5-7-15)10-12-23-24;5-3(6)1-2-4(7)8/h4-9,12,21-22,24H,1-3,10-11,13H2;1-2H2,(H,5,6)(H,7,8). The van der Waals surface area contributed by atoms with Crippen LogP contribution in [0, 0.1) is 0 Å². The normalized spacial score (nSPS) is 12.7. The van der Waals surface area contributed by atoms with Crippen LogP contribution in [0.3, 0.4) is 0 Å². The van der Waals surface area contributed by atoms with Gasteiger partial charge in [-0.05, 0) is 48.1 Å². The topological polar surface area (TPSA) is 131 Å². The van der Waals surface area contributed by atoms with Crippen molar-refractivity contribution < 1.29 is 25.0 Å². The van der Waals surface area contributed by atoms with Gasteiger partial charge in [-0.15, -0.1) is 5.16 Å². The van der Waals surface area contributed by atoms with Gasteiger partial charge in [-0.2, -0.15) is 0 Å². The van der Waals surface area contributed by atoms with Crippen molar-refractivity contribution >= 4 is 41.1 Å². The van der Waals surface area contributed by atoms with Gasteiger partial charge in [0.05, 0.1) is 23.6 Å². The van der Waals surface area contributed by atoms with Crippen LogP contribution < -0.4 is 10.6 Å². The summed E-state index contributed by atoms with van der Waals surface area (Å²) in [6.45, 7) is 1.75. The van der Waals surface area contributed by atoms with E-state index in [1.165, 1.54) is 35.9 Å². The van der Waals surface area contributed by atoms with Crippen LogP contribution in [-0.2, 0) is 29.0 Å². The summed E-state index contributed by atoms with van der Waals surface area (Å²) >= 11 is 6.43. The molecule has 1 aliphatic rings. The molecule has 5 N–H and O–H groups in total. The highest BCUT2D eigenvalue weighted by atomic mass is 35.5. The Labute approximate surface area is 191 Å². The van der Waals surface area contributed by atoms with Crippen LogP contribution in [0.2, 0.25) is 5.02 Å². The number of benzene rings is 2. The third-order valence-electron chi connectivity index (χ3n) is 4.88. The van der Waals surface area contributed by atoms with Crippen LogP contribution in [-0.4, -0.2) is 40.1 Å². The number of carboxylic acids is 2. The summed E-state index contributed by atoms with van der Waals surface area (Å²) in [7, 11) is 0. The summed E-state index contributed by atoms with van der Waals surface area (Å²) in [6.07, 6.45) is 4.93. The minimum absolute atomic E-state index is 0.296. The van der Waals surface area contributed by atoms with Crippen LogP contribution in [0.25, 0.3) is 0 Å². The molecule has 0 amide bonds. The van der Waals surface area contributed by atoms with Crippen LogP contribution in [0.1, 0.15) is 42.4 Å². The first-order valence-electron chi connectivity index (χ1n) is 10.4. The molecule has 2 aromatic rings. The van der Waals surface area contributed by atoms with Crippen molar-refractivity contribution in [3.8, 4) is 0 Å². The molecule has 1 heterocycles. The molecule has 2 aromatic carbocycles. The Balaban J connectivity index is 0.000000390. The highest BCUT2D eigenvalue weighted by Crippen LogP contribution is 2.35. The Kier molecular flexibility index (Phi) is 10.3. The van der Waals surface area contributed by atoms with E-state index < -0.39 is 11.9 Å². The molecule has 0 saturated heterocycles. The van der Waals surface area contributed by atoms with Crippen LogP contribution in [0.4, 0.5) is 11.4 Å². The summed E-state index contributed by atoms with van der Waals surface area (Å²) in [5.74, 6) is -2.15. The fourth-order valence-electron chi connectivity index (χ4n) is 3.23. The maximum Gasteiger partial charge on any atom is 0.303 e. The van der Waals surface area contributed by atoms with E-state index in [9.17, 15) is 9.59 Å². The van der Waals surface area contributed by atoms with E-state index in [0.717, 1.165) is 35.8 Å². The molecule has 172 valence electrons. The second-order valence-electron chi connectivity index (χ2n) is 7.29. The van der Waals surface area contributed by atoms with E-state index in [1.807, 2.05) is 18.2 Å². The number of anilines is 2. The zero-order chi connectivity index (χ0) is 23.3. The zero-order valence-electron chi connectivity index (χ0n) is 17.7. The Hall–Kier alpha value is -3.26. The number of halogens is 1. The van der Waals surface area contributed by atoms with Crippen LogP contribution in [0.5, 0.6) is 0 Å². The average Bonchev–Trinajstić information content (AvgIpc) is 3.02. The minimum atomic E-state index is -1.08. The molecule has 8 nitrogen and oxygen atoms in total. The number of fused-ring (bicyclic) bond motifs is 1. The lowest BCUT2D eigenvalue weighted by atomic mass is 10.0. The molecule has 0 bridgehead atoms. The predicted octanol–water partition coefficient (Wildman–Crippen LogP) is 4.64. The van der Waals surface area contributed by atoms with Gasteiger partial charge in [0.25, 0.3) is 0 Å². The molecule has 3 rings (SSSR count). The molecule has 1 aliphatic heterocycles. The summed E-state index contributed by atoms with van der Waals surface area (Å²) in [4.78, 5) is 19.3. The molecule has 0 radical (unpaired) electrons. The van der Waals surface area contributed by atoms with Gasteiger partial charge in [-0.1, -0.05) is 35.9 Å². The van der Waals surface area contributed by atoms with Crippen molar-refractivity contribution in [1.82, 2.24) is 0 Å². The first-order chi connectivity index (χ1) is 15.4. The van der Waals surface area contributed by atoms with E-state index in [1.54, 1.807) is 0 Å². The molecule has 0 aromatic heterocycles. The molecule has 32 heavy (non-hydrogen) atoms. The number of hydrogen-bond donors (Lipinski definition) is 5. The lowest BCUT2D eigenvalue weighted by molar-refractivity contribution is -0.143. The quantitative estimate of drug-likeness (QED) is 0.220. The maximum absolute atomic E-state index is 9.64. The third-order valence-corrected chi connectivity index (χ3v) is 5.20. The summed E-state index contributed by atoms with van der Waals surface area (Å²) in [6, 6.07) is 12.3. The maximum atomic E-state index is 9.64. The summed E-state index contributed by atoms with van der Waals surface area (Å²) < 4.78 is 0. The zero-order valence-corrected chi connectivity index (χ0v) is 18.4. The van der Waals surface area contributed by atoms with Gasteiger partial charge in [-0.3, -0.25) is 9.59 Å². The van der Waals surface area contributed by atoms with Crippen molar-refractivity contribution in [2.45, 2.75) is 45.1 Å². The molecule has 0 spiro atoms. The van der Waals surface area contributed by atoms with Crippen LogP contribution in [0.15, 0.2) is 41.6 Å². The molecule has 9 heteroatoms. The number of carbonyl (C=O) groups is 2. The first-order valence-corrected chi connectivity index (χ1v) is 10.7. The van der Waals surface area contributed by atoms with Crippen molar-refractivity contribution in [2.24, 2.45) is 5.16 Å². The number of nitrogens with one attached hydrogen (secondary N) is 2. The molecule has 0 fully saturated rings. The van der Waals surface area contributed by atoms with Crippen molar-refractivity contribution in [3.05, 3.63) is 58.1 Å². The Morgan fingerprint density at radius 3 is 2.31 bits per heavy atom. The highest BCUT2D eigenvalue weighted by molar-refractivity contribution is 6.33. The van der Waals surface area contributed by atoms with Gasteiger partial charge < -0.3 is 26.1 Å². The Bertz CT molecular complexity index is 918. The third kappa shape index (κ3) is 8.47. The average molecular weight is 462 g/mol. The van der Waals surface area contributed by atoms with E-state index in [-0.39, 0.29) is 12.8 Å². The molecule has 0 atom stereocenters. The number of nitrogens with zero attached hydrogens (tertiary/aromatic N) is 1. The molecular formula is C23H28ClN3O5. The fourth-order valence-corrected chi connectivity index (χ4v) is 3.47. The molecular weight excluding hydrogens is 434 g/mol. The molecule has 0 aliphatic carbocycles. The summed E-state index contributed by atoms with van der Waals surface area (Å²) in [5.41, 5.74) is 5.83. The fraction of sp³-hybridized carbons (Fsp3) is 0.348. The number of oxime groups is 1. The van der Waals surface area contributed by atoms with Gasteiger partial charge >= 0.3 is 11.9 Å². The summed E-state index contributed by atoms with van der Waals surface area (Å²) in [5, 5.41) is 35.1. The number of hydrogen-bond acceptors (Lipinski definition) is 6. The van der Waals surface area contributed by atoms with E-state index in [0.29, 0.717) is 6.42 Å². The molecule has 0 saturated carbocycles. The van der Waals surface area contributed by atoms with Crippen molar-refractivity contribution in [3.63, 3.8) is 0 Å². The van der Waals surface area contributed by atoms with Gasteiger partial charge in [0.2, 0.25) is 0 Å². The lowest BCUT2D eigenvalue weighted by Crippen LogP contribution is -2.06. The van der Waals surface area contributed by atoms with Gasteiger partial charge in [0, 0.05) is 31.4 Å². The molecule has 0 unspecified atom stereocenters. The number of carboxylic acid groups (broad SMARTS) is 2. The first kappa shape index (κ1) is 25.0. The van der Waals surface area contributed by atoms with E-state index in [4.69, 9.17) is 27.0 Å². The predicted molar refractivity (Wildman–Crippen MR) is 125 cm³/mol. The van der Waals surface area contributed by atoms with Gasteiger partial charge in [-0.25, -0.2) is 0 Å². The second-order valence-corrected chi connectivity index (χ2v) is 7.70. The van der Waals surface area contributed by atoms with E-state index in [2.05, 4.69) is 34.0 Å². The SMILES string of the molecule is O=C(O)CCC(=O)O.ON=CCc1ccc(CNc2c(Cl)ccc3c2CCCCN3)cc1. The lowest BCUT2D eigenvalue weighted by Gasteiger charge is -2.17.